The highest BCUT2D eigenvalue weighted by Gasteiger charge is 2.23. The number of phenolic OH excluding ortho intramolecular Hbond substituents is 2. The van der Waals surface area contributed by atoms with E-state index in [0.29, 0.717) is 44.0 Å². The summed E-state index contributed by atoms with van der Waals surface area (Å²) in [6.07, 6.45) is 0. The lowest BCUT2D eigenvalue weighted by molar-refractivity contribution is 0.0592. The summed E-state index contributed by atoms with van der Waals surface area (Å²) in [6, 6.07) is 33.4. The Kier molecular flexibility index (Phi) is 11.4. The van der Waals surface area contributed by atoms with Gasteiger partial charge in [0, 0.05) is 22.1 Å². The van der Waals surface area contributed by atoms with E-state index < -0.39 is 35.3 Å². The van der Waals surface area contributed by atoms with E-state index in [1.165, 1.54) is 26.4 Å². The molecule has 0 aliphatic rings. The number of nitrogens with one attached hydrogen (secondary N) is 2. The molecule has 7 aromatic rings. The molecule has 0 aliphatic carbocycles. The zero-order chi connectivity index (χ0) is 42.5. The van der Waals surface area contributed by atoms with E-state index >= 15 is 0 Å². The van der Waals surface area contributed by atoms with Crippen molar-refractivity contribution in [3.8, 4) is 11.5 Å². The molecular formula is C46H36N6O8. The van der Waals surface area contributed by atoms with E-state index in [0.717, 1.165) is 0 Å². The lowest BCUT2D eigenvalue weighted by Gasteiger charge is -2.16. The van der Waals surface area contributed by atoms with Gasteiger partial charge in [-0.1, -0.05) is 72.8 Å². The Bertz CT molecular complexity index is 2740. The first-order valence-electron chi connectivity index (χ1n) is 18.4. The van der Waals surface area contributed by atoms with Crippen LogP contribution in [-0.2, 0) is 9.47 Å². The molecule has 0 unspecified atom stereocenters. The number of hydrogen-bond donors (Lipinski definition) is 4. The molecule has 0 heterocycles. The van der Waals surface area contributed by atoms with Crippen LogP contribution in [0, 0.1) is 13.8 Å². The number of rotatable bonds is 10. The fraction of sp³-hybridized carbons (Fsp3) is 0.0870. The number of amides is 2. The van der Waals surface area contributed by atoms with Crippen LogP contribution < -0.4 is 10.6 Å². The van der Waals surface area contributed by atoms with Gasteiger partial charge in [0.15, 0.2) is 11.5 Å². The third kappa shape index (κ3) is 7.97. The molecule has 0 fully saturated rings. The molecule has 0 radical (unpaired) electrons. The maximum absolute atomic E-state index is 13.8. The largest absolute Gasteiger partial charge is 0.505 e. The van der Waals surface area contributed by atoms with Crippen LogP contribution in [0.15, 0.2) is 142 Å². The number of aryl methyl sites for hydroxylation is 2. The topological polar surface area (TPSA) is 201 Å². The standard InChI is InChI=1S/C46H36N6O8/c1-25-21-38(48-44(56)34-24-28-14-6-8-16-30(28)40(42(34)54)52-50-36-20-12-10-18-32(36)46(58)60-4)26(2)22-37(25)47-43(55)33-23-27-13-5-7-15-29(27)39(41(33)53)51-49-35-19-11-9-17-31(35)45(57)59-3/h5-24,53-54H,1-4H3,(H,47,55)(H,48,56). The van der Waals surface area contributed by atoms with Gasteiger partial charge >= 0.3 is 11.9 Å². The molecule has 0 atom stereocenters. The molecule has 14 nitrogen and oxygen atoms in total. The van der Waals surface area contributed by atoms with Gasteiger partial charge in [-0.15, -0.1) is 20.5 Å². The van der Waals surface area contributed by atoms with E-state index in [2.05, 4.69) is 31.1 Å². The van der Waals surface area contributed by atoms with Crippen molar-refractivity contribution >= 4 is 79.4 Å². The van der Waals surface area contributed by atoms with E-state index in [9.17, 15) is 29.4 Å². The SMILES string of the molecule is COC(=O)c1ccccc1N=Nc1c(O)c(C(=O)Nc2cc(C)c(NC(=O)c3cc4ccccc4c(N=Nc4ccccc4C(=O)OC)c3O)cc2C)cc2ccccc12. The Morgan fingerprint density at radius 3 is 1.25 bits per heavy atom. The third-order valence-electron chi connectivity index (χ3n) is 9.68. The van der Waals surface area contributed by atoms with Gasteiger partial charge < -0.3 is 30.3 Å². The third-order valence-corrected chi connectivity index (χ3v) is 9.68. The molecule has 7 rings (SSSR count). The Balaban J connectivity index is 1.16. The lowest BCUT2D eigenvalue weighted by atomic mass is 10.0. The second-order valence-corrected chi connectivity index (χ2v) is 13.5. The van der Waals surface area contributed by atoms with Gasteiger partial charge in [0.1, 0.15) is 22.7 Å². The summed E-state index contributed by atoms with van der Waals surface area (Å²) >= 11 is 0. The summed E-state index contributed by atoms with van der Waals surface area (Å²) in [7, 11) is 2.51. The van der Waals surface area contributed by atoms with Gasteiger partial charge in [-0.3, -0.25) is 9.59 Å². The first-order valence-corrected chi connectivity index (χ1v) is 18.4. The number of aromatic hydroxyl groups is 2. The highest BCUT2D eigenvalue weighted by Crippen LogP contribution is 2.42. The number of methoxy groups -OCH3 is 2. The second-order valence-electron chi connectivity index (χ2n) is 13.5. The summed E-state index contributed by atoms with van der Waals surface area (Å²) in [5.41, 5.74) is 2.62. The van der Waals surface area contributed by atoms with Crippen molar-refractivity contribution in [1.82, 2.24) is 0 Å². The van der Waals surface area contributed by atoms with Crippen LogP contribution in [-0.4, -0.2) is 48.2 Å². The summed E-state index contributed by atoms with van der Waals surface area (Å²) in [5.74, 6) is -3.34. The molecule has 7 aromatic carbocycles. The first kappa shape index (κ1) is 40.0. The molecule has 2 amide bonds. The number of fused-ring (bicyclic) bond motifs is 2. The zero-order valence-electron chi connectivity index (χ0n) is 32.7. The smallest absolute Gasteiger partial charge is 0.340 e. The van der Waals surface area contributed by atoms with Crippen molar-refractivity contribution in [2.45, 2.75) is 13.8 Å². The van der Waals surface area contributed by atoms with Crippen molar-refractivity contribution in [2.75, 3.05) is 24.9 Å². The Hall–Kier alpha value is -8.26. The molecule has 0 saturated carbocycles. The van der Waals surface area contributed by atoms with Crippen LogP contribution in [0.3, 0.4) is 0 Å². The zero-order valence-corrected chi connectivity index (χ0v) is 32.7. The second kappa shape index (κ2) is 17.1. The summed E-state index contributed by atoms with van der Waals surface area (Å²) in [4.78, 5) is 52.3. The van der Waals surface area contributed by atoms with Crippen molar-refractivity contribution in [2.24, 2.45) is 20.5 Å². The fourth-order valence-corrected chi connectivity index (χ4v) is 6.54. The number of hydrogen-bond acceptors (Lipinski definition) is 12. The lowest BCUT2D eigenvalue weighted by Crippen LogP contribution is -2.15. The van der Waals surface area contributed by atoms with Crippen molar-refractivity contribution < 1.29 is 38.9 Å². The van der Waals surface area contributed by atoms with Crippen molar-refractivity contribution in [3.05, 3.63) is 155 Å². The number of carbonyl (C=O) groups excluding carboxylic acids is 4. The van der Waals surface area contributed by atoms with Gasteiger partial charge in [-0.2, -0.15) is 0 Å². The summed E-state index contributed by atoms with van der Waals surface area (Å²) < 4.78 is 9.72. The van der Waals surface area contributed by atoms with Crippen molar-refractivity contribution in [1.29, 1.82) is 0 Å². The van der Waals surface area contributed by atoms with Crippen LogP contribution in [0.25, 0.3) is 21.5 Å². The number of anilines is 2. The Morgan fingerprint density at radius 2 is 0.850 bits per heavy atom. The number of esters is 2. The normalized spacial score (nSPS) is 11.3. The minimum absolute atomic E-state index is 0.0245. The van der Waals surface area contributed by atoms with E-state index in [4.69, 9.17) is 9.47 Å². The molecule has 0 aromatic heterocycles. The number of azo groups is 2. The van der Waals surface area contributed by atoms with Gasteiger partial charge in [-0.05, 0) is 84.3 Å². The Labute approximate surface area is 342 Å². The highest BCUT2D eigenvalue weighted by molar-refractivity contribution is 6.14. The van der Waals surface area contributed by atoms with E-state index in [-0.39, 0.29) is 45.0 Å². The maximum Gasteiger partial charge on any atom is 0.340 e. The predicted octanol–water partition coefficient (Wildman–Crippen LogP) is 10.9. The number of phenols is 2. The monoisotopic (exact) mass is 800 g/mol. The number of benzene rings is 7. The molecule has 0 aliphatic heterocycles. The van der Waals surface area contributed by atoms with E-state index in [1.807, 2.05) is 0 Å². The summed E-state index contributed by atoms with van der Waals surface area (Å²) in [6.45, 7) is 3.48. The number of carbonyl (C=O) groups is 4. The van der Waals surface area contributed by atoms with Gasteiger partial charge in [-0.25, -0.2) is 9.59 Å². The van der Waals surface area contributed by atoms with Crippen LogP contribution in [0.4, 0.5) is 34.1 Å². The van der Waals surface area contributed by atoms with Crippen LogP contribution in [0.5, 0.6) is 11.5 Å². The molecule has 14 heteroatoms. The average Bonchev–Trinajstić information content (AvgIpc) is 3.26. The Morgan fingerprint density at radius 1 is 0.483 bits per heavy atom. The molecular weight excluding hydrogens is 765 g/mol. The highest BCUT2D eigenvalue weighted by atomic mass is 16.5. The molecule has 60 heavy (non-hydrogen) atoms. The molecule has 0 saturated heterocycles. The maximum atomic E-state index is 13.8. The molecule has 0 spiro atoms. The predicted molar refractivity (Wildman–Crippen MR) is 227 cm³/mol. The molecule has 4 N–H and O–H groups in total. The minimum Gasteiger partial charge on any atom is -0.505 e. The van der Waals surface area contributed by atoms with E-state index in [1.54, 1.807) is 123 Å². The summed E-state index contributed by atoms with van der Waals surface area (Å²) in [5, 5.41) is 47.9. The average molecular weight is 801 g/mol. The van der Waals surface area contributed by atoms with Gasteiger partial charge in [0.05, 0.1) is 36.5 Å². The minimum atomic E-state index is -0.638. The van der Waals surface area contributed by atoms with Crippen LogP contribution in [0.2, 0.25) is 0 Å². The van der Waals surface area contributed by atoms with Crippen LogP contribution in [0.1, 0.15) is 52.6 Å². The molecule has 0 bridgehead atoms. The quantitative estimate of drug-likeness (QED) is 0.0772. The van der Waals surface area contributed by atoms with Gasteiger partial charge in [0.2, 0.25) is 0 Å². The number of nitrogens with zero attached hydrogens (tertiary/aromatic N) is 4. The van der Waals surface area contributed by atoms with Crippen molar-refractivity contribution in [3.63, 3.8) is 0 Å². The van der Waals surface area contributed by atoms with Gasteiger partial charge in [0.25, 0.3) is 11.8 Å². The number of ether oxygens (including phenoxy) is 2. The molecule has 298 valence electrons. The fourth-order valence-electron chi connectivity index (χ4n) is 6.54. The first-order chi connectivity index (χ1) is 29.0. The van der Waals surface area contributed by atoms with Crippen LogP contribution >= 0.6 is 0 Å².